The van der Waals surface area contributed by atoms with Gasteiger partial charge in [-0.1, -0.05) is 32.4 Å². The quantitative estimate of drug-likeness (QED) is 0.780. The van der Waals surface area contributed by atoms with Gasteiger partial charge in [-0.25, -0.2) is 4.68 Å². The highest BCUT2D eigenvalue weighted by Gasteiger charge is 2.14. The van der Waals surface area contributed by atoms with E-state index < -0.39 is 0 Å². The van der Waals surface area contributed by atoms with Gasteiger partial charge in [0.2, 0.25) is 5.91 Å². The second-order valence-electron chi connectivity index (χ2n) is 4.45. The summed E-state index contributed by atoms with van der Waals surface area (Å²) in [4.78, 5) is 10.9. The van der Waals surface area contributed by atoms with Crippen molar-refractivity contribution in [2.45, 2.75) is 46.6 Å². The van der Waals surface area contributed by atoms with Crippen LogP contribution in [0.1, 0.15) is 38.6 Å². The van der Waals surface area contributed by atoms with Crippen molar-refractivity contribution >= 4 is 5.91 Å². The van der Waals surface area contributed by atoms with Gasteiger partial charge in [0, 0.05) is 6.54 Å². The number of aromatic nitrogens is 3. The van der Waals surface area contributed by atoms with E-state index >= 15 is 0 Å². The van der Waals surface area contributed by atoms with E-state index in [0.29, 0.717) is 5.92 Å². The molecule has 0 spiro atoms. The van der Waals surface area contributed by atoms with Gasteiger partial charge in [0.1, 0.15) is 0 Å². The number of hydrogen-bond donors (Lipinski definition) is 1. The van der Waals surface area contributed by atoms with E-state index in [2.05, 4.69) is 31.1 Å². The lowest BCUT2D eigenvalue weighted by molar-refractivity contribution is -0.117. The van der Waals surface area contributed by atoms with Gasteiger partial charge < -0.3 is 5.73 Å². The van der Waals surface area contributed by atoms with Crippen LogP contribution in [0.5, 0.6) is 0 Å². The molecule has 1 aromatic heterocycles. The molecule has 1 heterocycles. The molecule has 0 atom stereocenters. The molecule has 0 aliphatic rings. The number of carbonyl (C=O) groups excluding carboxylic acids is 1. The predicted octanol–water partition coefficient (Wildman–Crippen LogP) is 0.914. The lowest BCUT2D eigenvalue weighted by Crippen LogP contribution is -2.16. The van der Waals surface area contributed by atoms with Gasteiger partial charge in [-0.2, -0.15) is 0 Å². The number of amides is 1. The van der Waals surface area contributed by atoms with Gasteiger partial charge in [-0.15, -0.1) is 5.10 Å². The largest absolute Gasteiger partial charge is 0.369 e. The van der Waals surface area contributed by atoms with Crippen LogP contribution in [0, 0.1) is 5.92 Å². The first-order valence-corrected chi connectivity index (χ1v) is 5.74. The van der Waals surface area contributed by atoms with Crippen LogP contribution in [-0.4, -0.2) is 20.9 Å². The average molecular weight is 224 g/mol. The van der Waals surface area contributed by atoms with Gasteiger partial charge in [0.15, 0.2) is 0 Å². The summed E-state index contributed by atoms with van der Waals surface area (Å²) in [7, 11) is 0. The molecule has 0 unspecified atom stereocenters. The normalized spacial score (nSPS) is 11.0. The van der Waals surface area contributed by atoms with Crippen molar-refractivity contribution in [2.75, 3.05) is 0 Å². The number of nitrogens with zero attached hydrogens (tertiary/aromatic N) is 3. The molecule has 0 aromatic carbocycles. The van der Waals surface area contributed by atoms with E-state index in [1.807, 2.05) is 4.68 Å². The molecule has 0 saturated heterocycles. The zero-order valence-corrected chi connectivity index (χ0v) is 10.2. The zero-order valence-electron chi connectivity index (χ0n) is 10.2. The van der Waals surface area contributed by atoms with Crippen molar-refractivity contribution in [3.63, 3.8) is 0 Å². The van der Waals surface area contributed by atoms with Gasteiger partial charge in [-0.05, 0) is 12.3 Å². The van der Waals surface area contributed by atoms with Gasteiger partial charge in [0.05, 0.1) is 17.8 Å². The smallest absolute Gasteiger partial charge is 0.223 e. The van der Waals surface area contributed by atoms with Gasteiger partial charge >= 0.3 is 0 Å². The van der Waals surface area contributed by atoms with Crippen molar-refractivity contribution in [3.05, 3.63) is 11.4 Å². The third-order valence-electron chi connectivity index (χ3n) is 2.28. The van der Waals surface area contributed by atoms with E-state index in [-0.39, 0.29) is 12.3 Å². The van der Waals surface area contributed by atoms with E-state index in [0.717, 1.165) is 30.8 Å². The Balaban J connectivity index is 2.91. The van der Waals surface area contributed by atoms with E-state index in [1.54, 1.807) is 0 Å². The summed E-state index contributed by atoms with van der Waals surface area (Å²) < 4.78 is 1.90. The molecule has 90 valence electrons. The van der Waals surface area contributed by atoms with Crippen LogP contribution in [0.15, 0.2) is 0 Å². The third kappa shape index (κ3) is 3.32. The molecule has 5 heteroatoms. The molecular weight excluding hydrogens is 204 g/mol. The summed E-state index contributed by atoms with van der Waals surface area (Å²) >= 11 is 0. The molecule has 5 nitrogen and oxygen atoms in total. The first-order chi connectivity index (χ1) is 7.54. The molecular formula is C11H20N4O. The second kappa shape index (κ2) is 5.63. The summed E-state index contributed by atoms with van der Waals surface area (Å²) in [6.45, 7) is 7.19. The summed E-state index contributed by atoms with van der Waals surface area (Å²) in [5.74, 6) is 0.160. The maximum atomic E-state index is 10.9. The first kappa shape index (κ1) is 12.7. The van der Waals surface area contributed by atoms with Crippen molar-refractivity contribution in [1.82, 2.24) is 15.0 Å². The standard InChI is InChI=1S/C11H20N4O/c1-4-5-10-9(6-11(12)16)13-14-15(10)7-8(2)3/h8H,4-7H2,1-3H3,(H2,12,16). The number of nitrogens with two attached hydrogens (primary N) is 1. The highest BCUT2D eigenvalue weighted by atomic mass is 16.1. The number of carbonyl (C=O) groups is 1. The molecule has 0 saturated carbocycles. The third-order valence-corrected chi connectivity index (χ3v) is 2.28. The molecule has 1 rings (SSSR count). The fourth-order valence-electron chi connectivity index (χ4n) is 1.67. The van der Waals surface area contributed by atoms with Crippen LogP contribution in [0.3, 0.4) is 0 Å². The number of rotatable bonds is 6. The first-order valence-electron chi connectivity index (χ1n) is 5.74. The molecule has 1 aromatic rings. The Morgan fingerprint density at radius 2 is 2.19 bits per heavy atom. The average Bonchev–Trinajstić information content (AvgIpc) is 2.49. The Labute approximate surface area is 96.0 Å². The van der Waals surface area contributed by atoms with Gasteiger partial charge in [0.25, 0.3) is 0 Å². The molecule has 16 heavy (non-hydrogen) atoms. The van der Waals surface area contributed by atoms with Crippen molar-refractivity contribution in [1.29, 1.82) is 0 Å². The van der Waals surface area contributed by atoms with Crippen molar-refractivity contribution in [3.8, 4) is 0 Å². The summed E-state index contributed by atoms with van der Waals surface area (Å²) in [6, 6.07) is 0. The molecule has 1 amide bonds. The Hall–Kier alpha value is -1.39. The number of primary amides is 1. The zero-order chi connectivity index (χ0) is 12.1. The maximum absolute atomic E-state index is 10.9. The van der Waals surface area contributed by atoms with Crippen LogP contribution < -0.4 is 5.73 Å². The van der Waals surface area contributed by atoms with Gasteiger partial charge in [-0.3, -0.25) is 4.79 Å². The fourth-order valence-corrected chi connectivity index (χ4v) is 1.67. The Bertz CT molecular complexity index is 357. The summed E-state index contributed by atoms with van der Waals surface area (Å²) in [5.41, 5.74) is 6.97. The molecule has 0 radical (unpaired) electrons. The molecule has 2 N–H and O–H groups in total. The van der Waals surface area contributed by atoms with Crippen LogP contribution in [0.2, 0.25) is 0 Å². The summed E-state index contributed by atoms with van der Waals surface area (Å²) in [5, 5.41) is 8.13. The van der Waals surface area contributed by atoms with Crippen molar-refractivity contribution < 1.29 is 4.79 Å². The molecule has 0 aliphatic heterocycles. The summed E-state index contributed by atoms with van der Waals surface area (Å²) in [6.07, 6.45) is 2.09. The Morgan fingerprint density at radius 1 is 1.50 bits per heavy atom. The maximum Gasteiger partial charge on any atom is 0.223 e. The molecule has 0 aliphatic carbocycles. The van der Waals surface area contributed by atoms with Crippen LogP contribution in [-0.2, 0) is 24.2 Å². The van der Waals surface area contributed by atoms with Crippen LogP contribution in [0.4, 0.5) is 0 Å². The predicted molar refractivity (Wildman–Crippen MR) is 61.8 cm³/mol. The van der Waals surface area contributed by atoms with Crippen molar-refractivity contribution in [2.24, 2.45) is 11.7 Å². The monoisotopic (exact) mass is 224 g/mol. The minimum atomic E-state index is -0.353. The minimum Gasteiger partial charge on any atom is -0.369 e. The van der Waals surface area contributed by atoms with E-state index in [1.165, 1.54) is 0 Å². The molecule has 0 bridgehead atoms. The lowest BCUT2D eigenvalue weighted by Gasteiger charge is -2.08. The Morgan fingerprint density at radius 3 is 2.69 bits per heavy atom. The number of hydrogen-bond acceptors (Lipinski definition) is 3. The van der Waals surface area contributed by atoms with Crippen LogP contribution in [0.25, 0.3) is 0 Å². The highest BCUT2D eigenvalue weighted by molar-refractivity contribution is 5.76. The van der Waals surface area contributed by atoms with E-state index in [9.17, 15) is 4.79 Å². The minimum absolute atomic E-state index is 0.188. The Kier molecular flexibility index (Phi) is 4.46. The van der Waals surface area contributed by atoms with E-state index in [4.69, 9.17) is 5.73 Å². The highest BCUT2D eigenvalue weighted by Crippen LogP contribution is 2.11. The second-order valence-corrected chi connectivity index (χ2v) is 4.45. The molecule has 0 fully saturated rings. The van der Waals surface area contributed by atoms with Crippen LogP contribution >= 0.6 is 0 Å². The SMILES string of the molecule is CCCc1c(CC(N)=O)nnn1CC(C)C. The lowest BCUT2D eigenvalue weighted by atomic mass is 10.1. The fraction of sp³-hybridized carbons (Fsp3) is 0.727. The topological polar surface area (TPSA) is 73.8 Å².